The zero-order chi connectivity index (χ0) is 16.5. The van der Waals surface area contributed by atoms with Crippen molar-refractivity contribution in [2.45, 2.75) is 0 Å². The van der Waals surface area contributed by atoms with Gasteiger partial charge < -0.3 is 24.3 Å². The molecule has 0 unspecified atom stereocenters. The van der Waals surface area contributed by atoms with Gasteiger partial charge in [0.1, 0.15) is 12.6 Å². The van der Waals surface area contributed by atoms with Crippen molar-refractivity contribution < 1.29 is 28.5 Å². The summed E-state index contributed by atoms with van der Waals surface area (Å²) >= 11 is 0. The molecule has 0 spiro atoms. The van der Waals surface area contributed by atoms with Gasteiger partial charge in [-0.15, -0.1) is 0 Å². The summed E-state index contributed by atoms with van der Waals surface area (Å²) in [5.41, 5.74) is 0.225. The molecule has 1 amide bonds. The smallest absolute Gasteiger partial charge is 0.326 e. The lowest BCUT2D eigenvalue weighted by atomic mass is 10.1. The highest BCUT2D eigenvalue weighted by atomic mass is 16.5. The summed E-state index contributed by atoms with van der Waals surface area (Å²) in [7, 11) is 4.31. The van der Waals surface area contributed by atoms with Gasteiger partial charge >= 0.3 is 5.97 Å². The lowest BCUT2D eigenvalue weighted by Crippen LogP contribution is -2.30. The van der Waals surface area contributed by atoms with Crippen molar-refractivity contribution in [3.8, 4) is 23.3 Å². The fourth-order valence-electron chi connectivity index (χ4n) is 1.63. The molecule has 22 heavy (non-hydrogen) atoms. The maximum Gasteiger partial charge on any atom is 0.326 e. The van der Waals surface area contributed by atoms with Gasteiger partial charge in [-0.3, -0.25) is 9.59 Å². The van der Waals surface area contributed by atoms with Crippen LogP contribution < -0.4 is 19.5 Å². The van der Waals surface area contributed by atoms with Crippen LogP contribution in [0.25, 0.3) is 0 Å². The molecule has 118 valence electrons. The fourth-order valence-corrected chi connectivity index (χ4v) is 1.63. The molecular weight excluding hydrogens is 292 g/mol. The van der Waals surface area contributed by atoms with E-state index in [2.05, 4.69) is 10.1 Å². The van der Waals surface area contributed by atoms with Gasteiger partial charge in [0.15, 0.2) is 18.1 Å². The van der Waals surface area contributed by atoms with E-state index in [0.29, 0.717) is 17.2 Å². The van der Waals surface area contributed by atoms with Crippen molar-refractivity contribution in [1.29, 1.82) is 5.26 Å². The van der Waals surface area contributed by atoms with Crippen molar-refractivity contribution in [3.05, 3.63) is 17.7 Å². The Kier molecular flexibility index (Phi) is 6.50. The van der Waals surface area contributed by atoms with E-state index < -0.39 is 11.9 Å². The molecule has 0 aliphatic rings. The van der Waals surface area contributed by atoms with Crippen LogP contribution in [0, 0.1) is 11.3 Å². The van der Waals surface area contributed by atoms with Crippen LogP contribution in [0.3, 0.4) is 0 Å². The van der Waals surface area contributed by atoms with E-state index in [1.807, 2.05) is 0 Å². The average molecular weight is 308 g/mol. The van der Waals surface area contributed by atoms with Gasteiger partial charge in [0, 0.05) is 5.56 Å². The molecule has 1 rings (SSSR count). The zero-order valence-corrected chi connectivity index (χ0v) is 12.5. The number of carbonyl (C=O) groups is 2. The number of hydrogen-bond acceptors (Lipinski definition) is 7. The summed E-state index contributed by atoms with van der Waals surface area (Å²) in [4.78, 5) is 23.2. The minimum Gasteiger partial charge on any atom is -0.493 e. The Balaban J connectivity index is 2.85. The third-order valence-electron chi connectivity index (χ3n) is 2.62. The molecule has 0 saturated carbocycles. The van der Waals surface area contributed by atoms with Crippen molar-refractivity contribution in [2.24, 2.45) is 0 Å². The highest BCUT2D eigenvalue weighted by Crippen LogP contribution is 2.38. The van der Waals surface area contributed by atoms with Crippen LogP contribution in [0.5, 0.6) is 17.2 Å². The summed E-state index contributed by atoms with van der Waals surface area (Å²) in [5.74, 6) is -0.233. The number of rotatable bonds is 7. The van der Waals surface area contributed by atoms with E-state index >= 15 is 0 Å². The number of esters is 1. The molecule has 8 nitrogen and oxygen atoms in total. The monoisotopic (exact) mass is 308 g/mol. The lowest BCUT2D eigenvalue weighted by molar-refractivity contribution is -0.140. The topological polar surface area (TPSA) is 107 Å². The summed E-state index contributed by atoms with van der Waals surface area (Å²) in [5, 5.41) is 10.7. The summed E-state index contributed by atoms with van der Waals surface area (Å²) < 4.78 is 19.9. The molecule has 0 fully saturated rings. The third-order valence-corrected chi connectivity index (χ3v) is 2.62. The van der Waals surface area contributed by atoms with Gasteiger partial charge in [-0.25, -0.2) is 0 Å². The average Bonchev–Trinajstić information content (AvgIpc) is 2.55. The van der Waals surface area contributed by atoms with E-state index in [1.54, 1.807) is 6.07 Å². The largest absolute Gasteiger partial charge is 0.493 e. The standard InChI is InChI=1S/C14H16N2O6/c1-19-10-6-9(7-11(20-2)13(10)21-3)14(18)16-8-12(17)22-5-4-15/h6-7H,5,8H2,1-3H3,(H,16,18). The van der Waals surface area contributed by atoms with E-state index in [4.69, 9.17) is 19.5 Å². The van der Waals surface area contributed by atoms with Gasteiger partial charge in [0.25, 0.3) is 5.91 Å². The van der Waals surface area contributed by atoms with Crippen LogP contribution >= 0.6 is 0 Å². The number of benzene rings is 1. The highest BCUT2D eigenvalue weighted by Gasteiger charge is 2.17. The number of amides is 1. The Labute approximate surface area is 127 Å². The van der Waals surface area contributed by atoms with Crippen LogP contribution in [-0.2, 0) is 9.53 Å². The van der Waals surface area contributed by atoms with Crippen LogP contribution in [0.15, 0.2) is 12.1 Å². The molecule has 8 heteroatoms. The summed E-state index contributed by atoms with van der Waals surface area (Å²) in [6.45, 7) is -0.712. The molecule has 0 aromatic heterocycles. The van der Waals surface area contributed by atoms with Crippen LogP contribution in [-0.4, -0.2) is 46.4 Å². The second-order valence-corrected chi connectivity index (χ2v) is 3.92. The molecule has 0 heterocycles. The molecule has 0 bridgehead atoms. The molecule has 1 aromatic rings. The van der Waals surface area contributed by atoms with Gasteiger partial charge in [-0.1, -0.05) is 0 Å². The Morgan fingerprint density at radius 3 is 2.18 bits per heavy atom. The van der Waals surface area contributed by atoms with Crippen LogP contribution in [0.4, 0.5) is 0 Å². The minimum absolute atomic E-state index is 0.225. The van der Waals surface area contributed by atoms with E-state index in [-0.39, 0.29) is 18.7 Å². The van der Waals surface area contributed by atoms with Crippen molar-refractivity contribution in [2.75, 3.05) is 34.5 Å². The van der Waals surface area contributed by atoms with Gasteiger partial charge in [0.2, 0.25) is 5.75 Å². The van der Waals surface area contributed by atoms with Crippen LogP contribution in [0.1, 0.15) is 10.4 Å². The number of nitrogens with one attached hydrogen (secondary N) is 1. The predicted molar refractivity (Wildman–Crippen MR) is 75.0 cm³/mol. The molecule has 0 saturated heterocycles. The molecule has 1 aromatic carbocycles. The van der Waals surface area contributed by atoms with Gasteiger partial charge in [0.05, 0.1) is 21.3 Å². The minimum atomic E-state index is -0.706. The predicted octanol–water partition coefficient (Wildman–Crippen LogP) is 0.509. The Morgan fingerprint density at radius 1 is 1.14 bits per heavy atom. The summed E-state index contributed by atoms with van der Waals surface area (Å²) in [6, 6.07) is 4.57. The second-order valence-electron chi connectivity index (χ2n) is 3.92. The van der Waals surface area contributed by atoms with E-state index in [9.17, 15) is 9.59 Å². The number of carbonyl (C=O) groups excluding carboxylic acids is 2. The number of ether oxygens (including phenoxy) is 4. The Morgan fingerprint density at radius 2 is 1.73 bits per heavy atom. The molecular formula is C14H16N2O6. The molecule has 0 atom stereocenters. The van der Waals surface area contributed by atoms with E-state index in [1.165, 1.54) is 33.5 Å². The first-order chi connectivity index (χ1) is 10.6. The Hall–Kier alpha value is -2.95. The van der Waals surface area contributed by atoms with Crippen molar-refractivity contribution in [3.63, 3.8) is 0 Å². The molecule has 1 N–H and O–H groups in total. The lowest BCUT2D eigenvalue weighted by Gasteiger charge is -2.13. The first kappa shape index (κ1) is 17.1. The van der Waals surface area contributed by atoms with Crippen molar-refractivity contribution >= 4 is 11.9 Å². The Bertz CT molecular complexity index is 568. The number of nitriles is 1. The zero-order valence-electron chi connectivity index (χ0n) is 12.5. The van der Waals surface area contributed by atoms with Gasteiger partial charge in [-0.05, 0) is 12.1 Å². The SMILES string of the molecule is COc1cc(C(=O)NCC(=O)OCC#N)cc(OC)c1OC. The molecule has 0 radical (unpaired) electrons. The molecule has 0 aliphatic heterocycles. The quantitative estimate of drug-likeness (QED) is 0.731. The van der Waals surface area contributed by atoms with E-state index in [0.717, 1.165) is 0 Å². The van der Waals surface area contributed by atoms with Gasteiger partial charge in [-0.2, -0.15) is 5.26 Å². The highest BCUT2D eigenvalue weighted by molar-refractivity contribution is 5.97. The normalized spacial score (nSPS) is 9.36. The van der Waals surface area contributed by atoms with Crippen molar-refractivity contribution in [1.82, 2.24) is 5.32 Å². The maximum atomic E-state index is 12.0. The second kappa shape index (κ2) is 8.36. The number of nitrogens with zero attached hydrogens (tertiary/aromatic N) is 1. The van der Waals surface area contributed by atoms with Crippen LogP contribution in [0.2, 0.25) is 0 Å². The molecule has 0 aliphatic carbocycles. The fraction of sp³-hybridized carbons (Fsp3) is 0.357. The number of methoxy groups -OCH3 is 3. The first-order valence-electron chi connectivity index (χ1n) is 6.18. The number of hydrogen-bond donors (Lipinski definition) is 1. The summed E-state index contributed by atoms with van der Waals surface area (Å²) in [6.07, 6.45) is 0. The first-order valence-corrected chi connectivity index (χ1v) is 6.18. The maximum absolute atomic E-state index is 12.0. The third kappa shape index (κ3) is 4.28.